The van der Waals surface area contributed by atoms with Gasteiger partial charge in [0, 0.05) is 28.8 Å². The first-order valence-corrected chi connectivity index (χ1v) is 5.67. The van der Waals surface area contributed by atoms with Crippen LogP contribution in [0.15, 0.2) is 18.2 Å². The second-order valence-electron chi connectivity index (χ2n) is 3.70. The number of carbonyl (C=O) groups excluding carboxylic acids is 2. The minimum absolute atomic E-state index is 0.00298. The number of benzene rings is 1. The van der Waals surface area contributed by atoms with E-state index in [-0.39, 0.29) is 12.8 Å². The van der Waals surface area contributed by atoms with Crippen LogP contribution in [0, 0.1) is 0 Å². The highest BCUT2D eigenvalue weighted by molar-refractivity contribution is 6.33. The number of hydrogen-bond donors (Lipinski definition) is 2. The summed E-state index contributed by atoms with van der Waals surface area (Å²) in [6.45, 7) is 0. The fourth-order valence-corrected chi connectivity index (χ4v) is 2.06. The third-order valence-electron chi connectivity index (χ3n) is 2.29. The summed E-state index contributed by atoms with van der Waals surface area (Å²) >= 11 is 11.8. The molecule has 4 N–H and O–H groups in total. The van der Waals surface area contributed by atoms with Crippen LogP contribution in [-0.4, -0.2) is 11.8 Å². The molecule has 0 aliphatic rings. The highest BCUT2D eigenvalue weighted by Crippen LogP contribution is 2.31. The Morgan fingerprint density at radius 2 is 1.65 bits per heavy atom. The molecule has 0 fully saturated rings. The van der Waals surface area contributed by atoms with Gasteiger partial charge in [-0.05, 0) is 23.8 Å². The van der Waals surface area contributed by atoms with Crippen molar-refractivity contribution in [3.8, 4) is 0 Å². The first kappa shape index (κ1) is 13.8. The first-order chi connectivity index (χ1) is 7.90. The molecule has 0 aliphatic carbocycles. The van der Waals surface area contributed by atoms with Crippen LogP contribution < -0.4 is 11.5 Å². The molecule has 0 radical (unpaired) electrons. The summed E-state index contributed by atoms with van der Waals surface area (Å²) in [6.07, 6.45) is 0.00596. The maximum Gasteiger partial charge on any atom is 0.218 e. The maximum absolute atomic E-state index is 11.0. The Morgan fingerprint density at radius 3 is 2.12 bits per heavy atom. The standard InChI is InChI=1S/C11H12Cl2N2O2/c12-7-1-2-9(13)8(5-7)6(3-10(14)16)4-11(15)17/h1-2,5-6H,3-4H2,(H2,14,16)(H2,15,17). The molecule has 92 valence electrons. The lowest BCUT2D eigenvalue weighted by molar-refractivity contribution is -0.119. The van der Waals surface area contributed by atoms with Gasteiger partial charge in [0.2, 0.25) is 11.8 Å². The fourth-order valence-electron chi connectivity index (χ4n) is 1.61. The predicted molar refractivity (Wildman–Crippen MR) is 66.8 cm³/mol. The quantitative estimate of drug-likeness (QED) is 0.858. The lowest BCUT2D eigenvalue weighted by atomic mass is 9.92. The Morgan fingerprint density at radius 1 is 1.12 bits per heavy atom. The second-order valence-corrected chi connectivity index (χ2v) is 4.55. The summed E-state index contributed by atoms with van der Waals surface area (Å²) in [5, 5.41) is 0.908. The van der Waals surface area contributed by atoms with Gasteiger partial charge in [-0.2, -0.15) is 0 Å². The lowest BCUT2D eigenvalue weighted by Gasteiger charge is -2.15. The van der Waals surface area contributed by atoms with Gasteiger partial charge in [-0.25, -0.2) is 0 Å². The van der Waals surface area contributed by atoms with Crippen molar-refractivity contribution in [2.45, 2.75) is 18.8 Å². The van der Waals surface area contributed by atoms with Crippen LogP contribution in [-0.2, 0) is 9.59 Å². The third-order valence-corrected chi connectivity index (χ3v) is 2.87. The third kappa shape index (κ3) is 4.24. The summed E-state index contributed by atoms with van der Waals surface area (Å²) in [6, 6.07) is 4.84. The number of nitrogens with two attached hydrogens (primary N) is 2. The summed E-state index contributed by atoms with van der Waals surface area (Å²) in [4.78, 5) is 21.9. The molecule has 1 rings (SSSR count). The number of carbonyl (C=O) groups is 2. The molecule has 0 unspecified atom stereocenters. The van der Waals surface area contributed by atoms with Crippen LogP contribution in [0.2, 0.25) is 10.0 Å². The smallest absolute Gasteiger partial charge is 0.218 e. The van der Waals surface area contributed by atoms with E-state index in [1.54, 1.807) is 18.2 Å². The van der Waals surface area contributed by atoms with E-state index in [1.165, 1.54) is 0 Å². The van der Waals surface area contributed by atoms with E-state index < -0.39 is 17.7 Å². The van der Waals surface area contributed by atoms with Gasteiger partial charge in [0.15, 0.2) is 0 Å². The molecule has 0 atom stereocenters. The van der Waals surface area contributed by atoms with Crippen LogP contribution in [0.4, 0.5) is 0 Å². The molecular weight excluding hydrogens is 263 g/mol. The molecule has 0 aromatic heterocycles. The van der Waals surface area contributed by atoms with Gasteiger partial charge in [-0.15, -0.1) is 0 Å². The van der Waals surface area contributed by atoms with Crippen molar-refractivity contribution in [3.05, 3.63) is 33.8 Å². The normalized spacial score (nSPS) is 10.5. The molecule has 6 heteroatoms. The molecule has 1 aromatic rings. The molecular formula is C11H12Cl2N2O2. The van der Waals surface area contributed by atoms with Crippen molar-refractivity contribution in [2.24, 2.45) is 11.5 Å². The monoisotopic (exact) mass is 274 g/mol. The van der Waals surface area contributed by atoms with Gasteiger partial charge in [-0.3, -0.25) is 9.59 Å². The molecule has 0 bridgehead atoms. The Kier molecular flexibility index (Phi) is 4.78. The number of amides is 2. The molecule has 4 nitrogen and oxygen atoms in total. The minimum Gasteiger partial charge on any atom is -0.370 e. The zero-order valence-electron chi connectivity index (χ0n) is 8.95. The molecule has 0 spiro atoms. The average molecular weight is 275 g/mol. The Bertz CT molecular complexity index is 433. The summed E-state index contributed by atoms with van der Waals surface area (Å²) < 4.78 is 0. The van der Waals surface area contributed by atoms with Gasteiger partial charge >= 0.3 is 0 Å². The number of halogens is 2. The van der Waals surface area contributed by atoms with Crippen molar-refractivity contribution in [2.75, 3.05) is 0 Å². The van der Waals surface area contributed by atoms with Crippen molar-refractivity contribution in [1.82, 2.24) is 0 Å². The van der Waals surface area contributed by atoms with Crippen LogP contribution in [0.25, 0.3) is 0 Å². The molecule has 1 aromatic carbocycles. The van der Waals surface area contributed by atoms with Gasteiger partial charge in [0.05, 0.1) is 0 Å². The Balaban J connectivity index is 3.06. The van der Waals surface area contributed by atoms with Crippen LogP contribution in [0.3, 0.4) is 0 Å². The van der Waals surface area contributed by atoms with E-state index in [2.05, 4.69) is 0 Å². The van der Waals surface area contributed by atoms with Gasteiger partial charge in [0.1, 0.15) is 0 Å². The largest absolute Gasteiger partial charge is 0.370 e. The van der Waals surface area contributed by atoms with E-state index >= 15 is 0 Å². The number of hydrogen-bond acceptors (Lipinski definition) is 2. The van der Waals surface area contributed by atoms with Gasteiger partial charge < -0.3 is 11.5 Å². The average Bonchev–Trinajstić information content (AvgIpc) is 2.19. The van der Waals surface area contributed by atoms with Crippen molar-refractivity contribution in [3.63, 3.8) is 0 Å². The van der Waals surface area contributed by atoms with Crippen LogP contribution in [0.5, 0.6) is 0 Å². The zero-order valence-corrected chi connectivity index (χ0v) is 10.5. The van der Waals surface area contributed by atoms with E-state index in [1.807, 2.05) is 0 Å². The Hall–Kier alpha value is -1.26. The highest BCUT2D eigenvalue weighted by atomic mass is 35.5. The van der Waals surface area contributed by atoms with Gasteiger partial charge in [0.25, 0.3) is 0 Å². The SMILES string of the molecule is NC(=O)CC(CC(N)=O)c1cc(Cl)ccc1Cl. The van der Waals surface area contributed by atoms with Crippen molar-refractivity contribution >= 4 is 35.0 Å². The topological polar surface area (TPSA) is 86.2 Å². The van der Waals surface area contributed by atoms with E-state index in [0.717, 1.165) is 0 Å². The summed E-state index contributed by atoms with van der Waals surface area (Å²) in [5.41, 5.74) is 10.9. The lowest BCUT2D eigenvalue weighted by Crippen LogP contribution is -2.21. The number of rotatable bonds is 5. The van der Waals surface area contributed by atoms with Crippen LogP contribution in [0.1, 0.15) is 24.3 Å². The Labute approximate surface area is 109 Å². The van der Waals surface area contributed by atoms with E-state index in [4.69, 9.17) is 34.7 Å². The number of primary amides is 2. The molecule has 0 aliphatic heterocycles. The van der Waals surface area contributed by atoms with E-state index in [0.29, 0.717) is 15.6 Å². The molecule has 17 heavy (non-hydrogen) atoms. The van der Waals surface area contributed by atoms with Crippen molar-refractivity contribution < 1.29 is 9.59 Å². The van der Waals surface area contributed by atoms with Crippen LogP contribution >= 0.6 is 23.2 Å². The zero-order chi connectivity index (χ0) is 13.0. The predicted octanol–water partition coefficient (Wildman–Crippen LogP) is 1.83. The second kappa shape index (κ2) is 5.89. The van der Waals surface area contributed by atoms with Crippen molar-refractivity contribution in [1.29, 1.82) is 0 Å². The summed E-state index contributed by atoms with van der Waals surface area (Å²) in [7, 11) is 0. The first-order valence-electron chi connectivity index (χ1n) is 4.91. The molecule has 0 saturated carbocycles. The minimum atomic E-state index is -0.521. The van der Waals surface area contributed by atoms with Gasteiger partial charge in [-0.1, -0.05) is 23.2 Å². The summed E-state index contributed by atoms with van der Waals surface area (Å²) in [5.74, 6) is -1.48. The molecule has 2 amide bonds. The molecule has 0 saturated heterocycles. The molecule has 0 heterocycles. The maximum atomic E-state index is 11.0. The van der Waals surface area contributed by atoms with E-state index in [9.17, 15) is 9.59 Å². The highest BCUT2D eigenvalue weighted by Gasteiger charge is 2.19. The fraction of sp³-hybridized carbons (Fsp3) is 0.273.